The summed E-state index contributed by atoms with van der Waals surface area (Å²) in [6.45, 7) is 11.6. The zero-order valence-electron chi connectivity index (χ0n) is 16.1. The van der Waals surface area contributed by atoms with Crippen LogP contribution < -0.4 is 10.5 Å². The van der Waals surface area contributed by atoms with Crippen molar-refractivity contribution >= 4 is 11.5 Å². The van der Waals surface area contributed by atoms with Crippen molar-refractivity contribution in [2.24, 2.45) is 10.8 Å². The average Bonchev–Trinajstić information content (AvgIpc) is 2.75. The van der Waals surface area contributed by atoms with Gasteiger partial charge in [0.15, 0.2) is 5.78 Å². The Bertz CT molecular complexity index is 655. The molecule has 2 atom stereocenters. The Hall–Kier alpha value is -1.55. The monoisotopic (exact) mass is 344 g/mol. The van der Waals surface area contributed by atoms with E-state index in [0.717, 1.165) is 13.1 Å². The number of anilines is 1. The second kappa shape index (κ2) is 6.64. The molecule has 1 aromatic carbocycles. The maximum atomic E-state index is 12.6. The molecule has 3 rings (SSSR count). The Labute approximate surface area is 151 Å². The molecule has 4 heteroatoms. The maximum absolute atomic E-state index is 12.6. The van der Waals surface area contributed by atoms with Gasteiger partial charge in [-0.3, -0.25) is 9.69 Å². The summed E-state index contributed by atoms with van der Waals surface area (Å²) in [4.78, 5) is 15.1. The van der Waals surface area contributed by atoms with E-state index in [-0.39, 0.29) is 5.78 Å². The van der Waals surface area contributed by atoms with Gasteiger partial charge < -0.3 is 10.5 Å². The van der Waals surface area contributed by atoms with Gasteiger partial charge in [-0.05, 0) is 55.2 Å². The number of rotatable bonds is 6. The predicted molar refractivity (Wildman–Crippen MR) is 102 cm³/mol. The lowest BCUT2D eigenvalue weighted by molar-refractivity contribution is 0.0954. The van der Waals surface area contributed by atoms with E-state index in [0.29, 0.717) is 46.9 Å². The molecule has 1 aliphatic carbocycles. The molecule has 4 nitrogen and oxygen atoms in total. The van der Waals surface area contributed by atoms with E-state index in [9.17, 15) is 4.79 Å². The lowest BCUT2D eigenvalue weighted by Crippen LogP contribution is -2.35. The van der Waals surface area contributed by atoms with Gasteiger partial charge in [0.05, 0.1) is 12.3 Å². The van der Waals surface area contributed by atoms with Crippen molar-refractivity contribution in [1.82, 2.24) is 4.90 Å². The smallest absolute Gasteiger partial charge is 0.164 e. The van der Waals surface area contributed by atoms with Crippen LogP contribution in [-0.4, -0.2) is 36.4 Å². The molecule has 2 aliphatic rings. The van der Waals surface area contributed by atoms with E-state index in [1.807, 2.05) is 13.0 Å². The molecule has 0 aromatic heterocycles. The molecule has 1 aromatic rings. The molecule has 0 amide bonds. The largest absolute Gasteiger partial charge is 0.492 e. The van der Waals surface area contributed by atoms with Crippen LogP contribution in [0.2, 0.25) is 0 Å². The minimum Gasteiger partial charge on any atom is -0.492 e. The van der Waals surface area contributed by atoms with Gasteiger partial charge in [-0.2, -0.15) is 0 Å². The summed E-state index contributed by atoms with van der Waals surface area (Å²) in [5.74, 6) is 0.822. The molecular weight excluding hydrogens is 312 g/mol. The van der Waals surface area contributed by atoms with Crippen molar-refractivity contribution in [2.75, 3.05) is 25.4 Å². The summed E-state index contributed by atoms with van der Waals surface area (Å²) >= 11 is 0. The van der Waals surface area contributed by atoms with Gasteiger partial charge in [-0.1, -0.05) is 20.8 Å². The number of carbonyl (C=O) groups excluding carboxylic acids is 1. The molecule has 1 saturated carbocycles. The Kier molecular flexibility index (Phi) is 4.84. The second-order valence-electron chi connectivity index (χ2n) is 9.04. The molecule has 2 unspecified atom stereocenters. The summed E-state index contributed by atoms with van der Waals surface area (Å²) in [6.07, 6.45) is 4.37. The highest BCUT2D eigenvalue weighted by Crippen LogP contribution is 2.52. The SMILES string of the molecule is CCOc1ccc(C(=O)CCN2CC3(C)CC2CC(C)(C)C3)cc1N. The fraction of sp³-hybridized carbons (Fsp3) is 0.667. The summed E-state index contributed by atoms with van der Waals surface area (Å²) in [6, 6.07) is 6.02. The quantitative estimate of drug-likeness (QED) is 0.622. The highest BCUT2D eigenvalue weighted by molar-refractivity contribution is 5.97. The van der Waals surface area contributed by atoms with Crippen LogP contribution in [0.25, 0.3) is 0 Å². The number of hydrogen-bond acceptors (Lipinski definition) is 4. The van der Waals surface area contributed by atoms with Crippen LogP contribution in [0.15, 0.2) is 18.2 Å². The summed E-state index contributed by atoms with van der Waals surface area (Å²) < 4.78 is 5.45. The van der Waals surface area contributed by atoms with Gasteiger partial charge in [-0.25, -0.2) is 0 Å². The molecule has 1 aliphatic heterocycles. The standard InChI is InChI=1S/C21H32N2O2/c1-5-25-19-7-6-15(10-17(19)22)18(24)8-9-23-14-21(4)12-16(23)11-20(2,3)13-21/h6-7,10,16H,5,8-9,11-14,22H2,1-4H3. The molecular formula is C21H32N2O2. The fourth-order valence-electron chi connectivity index (χ4n) is 5.24. The summed E-state index contributed by atoms with van der Waals surface area (Å²) in [5, 5.41) is 0. The highest BCUT2D eigenvalue weighted by Gasteiger charge is 2.49. The number of nitrogen functional groups attached to an aromatic ring is 1. The van der Waals surface area contributed by atoms with Crippen LogP contribution in [-0.2, 0) is 0 Å². The average molecular weight is 344 g/mol. The lowest BCUT2D eigenvalue weighted by Gasteiger charge is -2.39. The first-order valence-corrected chi connectivity index (χ1v) is 9.51. The van der Waals surface area contributed by atoms with Crippen molar-refractivity contribution in [3.8, 4) is 5.75 Å². The van der Waals surface area contributed by atoms with Crippen molar-refractivity contribution in [1.29, 1.82) is 0 Å². The number of fused-ring (bicyclic) bond motifs is 2. The zero-order valence-corrected chi connectivity index (χ0v) is 16.1. The van der Waals surface area contributed by atoms with Gasteiger partial charge in [-0.15, -0.1) is 0 Å². The van der Waals surface area contributed by atoms with Gasteiger partial charge in [0.1, 0.15) is 5.75 Å². The number of Topliss-reactive ketones (excluding diaryl/α,β-unsaturated/α-hetero) is 1. The van der Waals surface area contributed by atoms with Crippen molar-refractivity contribution < 1.29 is 9.53 Å². The molecule has 138 valence electrons. The first-order valence-electron chi connectivity index (χ1n) is 9.51. The van der Waals surface area contributed by atoms with Crippen LogP contribution in [0, 0.1) is 10.8 Å². The topological polar surface area (TPSA) is 55.6 Å². The lowest BCUT2D eigenvalue weighted by atomic mass is 9.65. The van der Waals surface area contributed by atoms with Crippen molar-refractivity contribution in [3.05, 3.63) is 23.8 Å². The normalized spacial score (nSPS) is 28.1. The Morgan fingerprint density at radius 1 is 1.32 bits per heavy atom. The number of carbonyl (C=O) groups is 1. The number of benzene rings is 1. The number of ether oxygens (including phenoxy) is 1. The summed E-state index contributed by atoms with van der Waals surface area (Å²) in [5.41, 5.74) is 8.06. The number of hydrogen-bond donors (Lipinski definition) is 1. The van der Waals surface area contributed by atoms with Crippen LogP contribution >= 0.6 is 0 Å². The highest BCUT2D eigenvalue weighted by atomic mass is 16.5. The predicted octanol–water partition coefficient (Wildman–Crippen LogP) is 4.14. The van der Waals surface area contributed by atoms with Crippen LogP contribution in [0.5, 0.6) is 5.75 Å². The van der Waals surface area contributed by atoms with Gasteiger partial charge >= 0.3 is 0 Å². The van der Waals surface area contributed by atoms with Gasteiger partial charge in [0.2, 0.25) is 0 Å². The van der Waals surface area contributed by atoms with Crippen molar-refractivity contribution in [2.45, 2.75) is 59.4 Å². The Morgan fingerprint density at radius 3 is 2.76 bits per heavy atom. The van der Waals surface area contributed by atoms with E-state index in [1.54, 1.807) is 12.1 Å². The van der Waals surface area contributed by atoms with E-state index < -0.39 is 0 Å². The molecule has 2 N–H and O–H groups in total. The molecule has 0 radical (unpaired) electrons. The molecule has 1 saturated heterocycles. The zero-order chi connectivity index (χ0) is 18.2. The molecule has 25 heavy (non-hydrogen) atoms. The van der Waals surface area contributed by atoms with E-state index in [4.69, 9.17) is 10.5 Å². The third-order valence-corrected chi connectivity index (χ3v) is 5.78. The van der Waals surface area contributed by atoms with Gasteiger partial charge in [0.25, 0.3) is 0 Å². The maximum Gasteiger partial charge on any atom is 0.164 e. The Morgan fingerprint density at radius 2 is 2.08 bits per heavy atom. The molecule has 0 spiro atoms. The number of likely N-dealkylation sites (tertiary alicyclic amines) is 1. The van der Waals surface area contributed by atoms with Gasteiger partial charge in [0, 0.05) is 31.1 Å². The Balaban J connectivity index is 1.61. The van der Waals surface area contributed by atoms with E-state index in [1.165, 1.54) is 19.3 Å². The minimum absolute atomic E-state index is 0.167. The molecule has 2 fully saturated rings. The van der Waals surface area contributed by atoms with Crippen LogP contribution in [0.3, 0.4) is 0 Å². The molecule has 2 bridgehead atoms. The van der Waals surface area contributed by atoms with E-state index in [2.05, 4.69) is 25.7 Å². The van der Waals surface area contributed by atoms with Crippen LogP contribution in [0.4, 0.5) is 5.69 Å². The number of nitrogens with zero attached hydrogens (tertiary/aromatic N) is 1. The number of ketones is 1. The first kappa shape index (κ1) is 18.2. The number of nitrogens with two attached hydrogens (primary N) is 1. The van der Waals surface area contributed by atoms with Crippen molar-refractivity contribution in [3.63, 3.8) is 0 Å². The third kappa shape index (κ3) is 4.00. The molecule has 1 heterocycles. The second-order valence-corrected chi connectivity index (χ2v) is 9.04. The van der Waals surface area contributed by atoms with E-state index >= 15 is 0 Å². The summed E-state index contributed by atoms with van der Waals surface area (Å²) in [7, 11) is 0. The van der Waals surface area contributed by atoms with Crippen LogP contribution in [0.1, 0.15) is 63.7 Å². The first-order chi connectivity index (χ1) is 11.7. The minimum atomic E-state index is 0.167. The third-order valence-electron chi connectivity index (χ3n) is 5.78. The fourth-order valence-corrected chi connectivity index (χ4v) is 5.24.